The van der Waals surface area contributed by atoms with Crippen molar-refractivity contribution in [3.8, 4) is 0 Å². The van der Waals surface area contributed by atoms with E-state index in [2.05, 4.69) is 10.6 Å². The Bertz CT molecular complexity index is 826. The van der Waals surface area contributed by atoms with Crippen molar-refractivity contribution in [2.45, 2.75) is 45.3 Å². The van der Waals surface area contributed by atoms with Crippen LogP contribution in [0.1, 0.15) is 49.5 Å². The van der Waals surface area contributed by atoms with Gasteiger partial charge in [0.15, 0.2) is 0 Å². The fourth-order valence-corrected chi connectivity index (χ4v) is 2.82. The van der Waals surface area contributed by atoms with Crippen molar-refractivity contribution in [3.05, 3.63) is 41.5 Å². The van der Waals surface area contributed by atoms with E-state index >= 15 is 0 Å². The highest BCUT2D eigenvalue weighted by atomic mass is 16.6. The lowest BCUT2D eigenvalue weighted by Crippen LogP contribution is -2.52. The number of rotatable bonds is 5. The maximum atomic E-state index is 12.7. The molecule has 0 spiro atoms. The molecule has 1 fully saturated rings. The molecule has 1 aliphatic heterocycles. The fraction of sp³-hybridized carbons (Fsp3) is 0.429. The summed E-state index contributed by atoms with van der Waals surface area (Å²) in [7, 11) is 1.55. The van der Waals surface area contributed by atoms with Gasteiger partial charge in [0.25, 0.3) is 5.91 Å². The number of alkyl carbamates (subject to hydrolysis) is 1. The third-order valence-electron chi connectivity index (χ3n) is 4.20. The standard InChI is InChI=1S/C21H27N3O5/c1-21(2,3)29-20(28)22-12-6-8-14-7-5-9-15(13-14)19(27)24(4)16-10-11-17(25)23-18(16)26/h5-9,13,16H,10-12H2,1-4H3,(H,22,28)(H,23,25,26)/b8-6+. The van der Waals surface area contributed by atoms with Crippen molar-refractivity contribution in [3.63, 3.8) is 0 Å². The second kappa shape index (κ2) is 9.36. The number of nitrogens with zero attached hydrogens (tertiary/aromatic N) is 1. The predicted molar refractivity (Wildman–Crippen MR) is 108 cm³/mol. The predicted octanol–water partition coefficient (Wildman–Crippen LogP) is 2.10. The van der Waals surface area contributed by atoms with Crippen LogP contribution >= 0.6 is 0 Å². The molecule has 2 rings (SSSR count). The summed E-state index contributed by atoms with van der Waals surface area (Å²) in [5, 5.41) is 4.88. The third-order valence-corrected chi connectivity index (χ3v) is 4.20. The maximum Gasteiger partial charge on any atom is 0.407 e. The first kappa shape index (κ1) is 22.1. The Morgan fingerprint density at radius 1 is 1.31 bits per heavy atom. The molecule has 0 aromatic heterocycles. The minimum atomic E-state index is -0.669. The van der Waals surface area contributed by atoms with E-state index in [0.29, 0.717) is 12.0 Å². The molecule has 1 unspecified atom stereocenters. The van der Waals surface area contributed by atoms with Gasteiger partial charge in [0.1, 0.15) is 11.6 Å². The smallest absolute Gasteiger partial charge is 0.407 e. The van der Waals surface area contributed by atoms with Gasteiger partial charge in [0.2, 0.25) is 11.8 Å². The molecule has 156 valence electrons. The Morgan fingerprint density at radius 2 is 2.03 bits per heavy atom. The number of ether oxygens (including phenoxy) is 1. The van der Waals surface area contributed by atoms with Gasteiger partial charge in [0, 0.05) is 25.6 Å². The van der Waals surface area contributed by atoms with Gasteiger partial charge in [0.05, 0.1) is 0 Å². The SMILES string of the molecule is CN(C(=O)c1cccc(/C=C/CNC(=O)OC(C)(C)C)c1)C1CCC(=O)NC1=O. The van der Waals surface area contributed by atoms with E-state index in [4.69, 9.17) is 4.74 Å². The van der Waals surface area contributed by atoms with Crippen LogP contribution in [0, 0.1) is 0 Å². The molecule has 1 heterocycles. The average Bonchev–Trinajstić information content (AvgIpc) is 2.63. The number of hydrogen-bond acceptors (Lipinski definition) is 5. The highest BCUT2D eigenvalue weighted by Crippen LogP contribution is 2.16. The summed E-state index contributed by atoms with van der Waals surface area (Å²) in [6.45, 7) is 5.65. The molecule has 8 heteroatoms. The van der Waals surface area contributed by atoms with Crippen molar-refractivity contribution >= 4 is 29.9 Å². The van der Waals surface area contributed by atoms with E-state index in [1.165, 1.54) is 4.90 Å². The summed E-state index contributed by atoms with van der Waals surface area (Å²) in [6, 6.07) is 6.27. The van der Waals surface area contributed by atoms with Gasteiger partial charge in [-0.3, -0.25) is 19.7 Å². The van der Waals surface area contributed by atoms with Crippen molar-refractivity contribution in [1.82, 2.24) is 15.5 Å². The molecule has 2 N–H and O–H groups in total. The summed E-state index contributed by atoms with van der Waals surface area (Å²) >= 11 is 0. The number of carbonyl (C=O) groups is 4. The van der Waals surface area contributed by atoms with Crippen molar-refractivity contribution in [2.75, 3.05) is 13.6 Å². The normalized spacial score (nSPS) is 17.0. The third kappa shape index (κ3) is 6.74. The Morgan fingerprint density at radius 3 is 2.69 bits per heavy atom. The highest BCUT2D eigenvalue weighted by molar-refractivity contribution is 6.03. The van der Waals surface area contributed by atoms with Crippen LogP contribution < -0.4 is 10.6 Å². The van der Waals surface area contributed by atoms with Crippen LogP contribution in [0.4, 0.5) is 4.79 Å². The zero-order valence-electron chi connectivity index (χ0n) is 17.2. The molecular formula is C21H27N3O5. The average molecular weight is 401 g/mol. The molecule has 29 heavy (non-hydrogen) atoms. The van der Waals surface area contributed by atoms with Gasteiger partial charge in [-0.2, -0.15) is 0 Å². The maximum absolute atomic E-state index is 12.7. The number of benzene rings is 1. The number of hydrogen-bond donors (Lipinski definition) is 2. The zero-order chi connectivity index (χ0) is 21.6. The largest absolute Gasteiger partial charge is 0.444 e. The molecule has 1 saturated heterocycles. The molecule has 1 aromatic carbocycles. The van der Waals surface area contributed by atoms with Crippen LogP contribution in [0.3, 0.4) is 0 Å². The first-order valence-corrected chi connectivity index (χ1v) is 9.41. The topological polar surface area (TPSA) is 105 Å². The Hall–Kier alpha value is -3.16. The number of amides is 4. The minimum Gasteiger partial charge on any atom is -0.444 e. The Balaban J connectivity index is 1.96. The van der Waals surface area contributed by atoms with Crippen LogP contribution in [0.15, 0.2) is 30.3 Å². The van der Waals surface area contributed by atoms with Gasteiger partial charge in [-0.1, -0.05) is 24.3 Å². The van der Waals surface area contributed by atoms with E-state index in [1.54, 1.807) is 58.2 Å². The lowest BCUT2D eigenvalue weighted by atomic mass is 10.0. The quantitative estimate of drug-likeness (QED) is 0.735. The molecule has 8 nitrogen and oxygen atoms in total. The number of carbonyl (C=O) groups excluding carboxylic acids is 4. The van der Waals surface area contributed by atoms with Crippen molar-refractivity contribution in [1.29, 1.82) is 0 Å². The van der Waals surface area contributed by atoms with Crippen LogP contribution in [-0.4, -0.2) is 54.0 Å². The van der Waals surface area contributed by atoms with Gasteiger partial charge in [-0.15, -0.1) is 0 Å². The molecule has 0 bridgehead atoms. The highest BCUT2D eigenvalue weighted by Gasteiger charge is 2.32. The van der Waals surface area contributed by atoms with Gasteiger partial charge >= 0.3 is 6.09 Å². The van der Waals surface area contributed by atoms with Crippen LogP contribution in [-0.2, 0) is 14.3 Å². The first-order chi connectivity index (χ1) is 13.6. The van der Waals surface area contributed by atoms with Crippen molar-refractivity contribution < 1.29 is 23.9 Å². The molecule has 1 aromatic rings. The zero-order valence-corrected chi connectivity index (χ0v) is 17.2. The second-order valence-corrected chi connectivity index (χ2v) is 7.79. The number of likely N-dealkylation sites (N-methyl/N-ethyl adjacent to an activating group) is 1. The molecule has 1 aliphatic rings. The van der Waals surface area contributed by atoms with Gasteiger partial charge < -0.3 is 15.0 Å². The summed E-state index contributed by atoms with van der Waals surface area (Å²) in [6.07, 6.45) is 3.54. The molecule has 1 atom stereocenters. The minimum absolute atomic E-state index is 0.210. The Labute approximate surface area is 170 Å². The fourth-order valence-electron chi connectivity index (χ4n) is 2.82. The van der Waals surface area contributed by atoms with Crippen LogP contribution in [0.5, 0.6) is 0 Å². The van der Waals surface area contributed by atoms with E-state index in [1.807, 2.05) is 6.07 Å². The molecular weight excluding hydrogens is 374 g/mol. The van der Waals surface area contributed by atoms with Crippen LogP contribution in [0.2, 0.25) is 0 Å². The monoisotopic (exact) mass is 401 g/mol. The summed E-state index contributed by atoms with van der Waals surface area (Å²) < 4.78 is 5.15. The van der Waals surface area contributed by atoms with Crippen LogP contribution in [0.25, 0.3) is 6.08 Å². The van der Waals surface area contributed by atoms with E-state index in [9.17, 15) is 19.2 Å². The van der Waals surface area contributed by atoms with E-state index < -0.39 is 23.6 Å². The summed E-state index contributed by atoms with van der Waals surface area (Å²) in [5.41, 5.74) is 0.648. The number of imide groups is 1. The second-order valence-electron chi connectivity index (χ2n) is 7.79. The Kier molecular flexibility index (Phi) is 7.14. The molecule has 4 amide bonds. The molecule has 0 radical (unpaired) electrons. The van der Waals surface area contributed by atoms with E-state index in [0.717, 1.165) is 5.56 Å². The lowest BCUT2D eigenvalue weighted by Gasteiger charge is -2.29. The molecule has 0 aliphatic carbocycles. The van der Waals surface area contributed by atoms with E-state index in [-0.39, 0.29) is 24.8 Å². The number of piperidine rings is 1. The molecule has 0 saturated carbocycles. The van der Waals surface area contributed by atoms with Crippen molar-refractivity contribution in [2.24, 2.45) is 0 Å². The first-order valence-electron chi connectivity index (χ1n) is 9.41. The lowest BCUT2D eigenvalue weighted by molar-refractivity contribution is -0.136. The number of nitrogens with one attached hydrogen (secondary N) is 2. The summed E-state index contributed by atoms with van der Waals surface area (Å²) in [5.74, 6) is -1.08. The van der Waals surface area contributed by atoms with Gasteiger partial charge in [-0.25, -0.2) is 4.79 Å². The van der Waals surface area contributed by atoms with Gasteiger partial charge in [-0.05, 0) is 44.9 Å². The summed E-state index contributed by atoms with van der Waals surface area (Å²) in [4.78, 5) is 49.0.